The second-order valence-corrected chi connectivity index (χ2v) is 7.10. The van der Waals surface area contributed by atoms with Gasteiger partial charge in [0.05, 0.1) is 22.5 Å². The predicted molar refractivity (Wildman–Crippen MR) is 100 cm³/mol. The van der Waals surface area contributed by atoms with E-state index in [-0.39, 0.29) is 29.6 Å². The Bertz CT molecular complexity index is 890. The topological polar surface area (TPSA) is 46.6 Å². The Balaban J connectivity index is 1.57. The predicted octanol–water partition coefficient (Wildman–Crippen LogP) is 4.83. The zero-order chi connectivity index (χ0) is 18.3. The van der Waals surface area contributed by atoms with E-state index < -0.39 is 0 Å². The van der Waals surface area contributed by atoms with E-state index in [1.165, 1.54) is 4.90 Å². The molecule has 0 radical (unpaired) electrons. The zero-order valence-electron chi connectivity index (χ0n) is 14.3. The van der Waals surface area contributed by atoms with Crippen molar-refractivity contribution in [1.29, 1.82) is 0 Å². The van der Waals surface area contributed by atoms with E-state index in [4.69, 9.17) is 16.3 Å². The molecule has 1 aliphatic carbocycles. The minimum absolute atomic E-state index is 0.0815. The largest absolute Gasteiger partial charge is 0.456 e. The smallest absolute Gasteiger partial charge is 0.238 e. The third-order valence-corrected chi connectivity index (χ3v) is 5.34. The van der Waals surface area contributed by atoms with Crippen LogP contribution in [0.25, 0.3) is 0 Å². The molecule has 0 saturated carbocycles. The fourth-order valence-electron chi connectivity index (χ4n) is 3.72. The van der Waals surface area contributed by atoms with E-state index in [1.807, 2.05) is 31.2 Å². The van der Waals surface area contributed by atoms with Gasteiger partial charge in [0, 0.05) is 0 Å². The Morgan fingerprint density at radius 1 is 1.04 bits per heavy atom. The summed E-state index contributed by atoms with van der Waals surface area (Å²) in [6, 6.07) is 14.2. The van der Waals surface area contributed by atoms with Gasteiger partial charge in [-0.15, -0.1) is 0 Å². The summed E-state index contributed by atoms with van der Waals surface area (Å²) in [6.07, 6.45) is 4.65. The Kier molecular flexibility index (Phi) is 4.29. The van der Waals surface area contributed by atoms with Crippen LogP contribution in [0.4, 0.5) is 5.69 Å². The Morgan fingerprint density at radius 3 is 2.46 bits per heavy atom. The maximum Gasteiger partial charge on any atom is 0.238 e. The lowest BCUT2D eigenvalue weighted by Gasteiger charge is -2.22. The molecule has 3 atom stereocenters. The monoisotopic (exact) mass is 367 g/mol. The van der Waals surface area contributed by atoms with Gasteiger partial charge in [-0.1, -0.05) is 42.8 Å². The summed E-state index contributed by atoms with van der Waals surface area (Å²) >= 11 is 6.10. The van der Waals surface area contributed by atoms with Gasteiger partial charge in [-0.05, 0) is 48.7 Å². The van der Waals surface area contributed by atoms with Gasteiger partial charge in [-0.25, -0.2) is 0 Å². The third kappa shape index (κ3) is 2.80. The lowest BCUT2D eigenvalue weighted by molar-refractivity contribution is -0.122. The number of carbonyl (C=O) groups is 2. The number of amides is 2. The molecule has 1 heterocycles. The summed E-state index contributed by atoms with van der Waals surface area (Å²) in [6.45, 7) is 1.99. The summed E-state index contributed by atoms with van der Waals surface area (Å²) in [5.74, 6) is 0.494. The molecule has 0 unspecified atom stereocenters. The van der Waals surface area contributed by atoms with Gasteiger partial charge in [-0.3, -0.25) is 14.5 Å². The molecule has 1 aliphatic heterocycles. The fourth-order valence-corrected chi connectivity index (χ4v) is 3.89. The normalized spacial score (nSPS) is 24.7. The van der Waals surface area contributed by atoms with Gasteiger partial charge in [0.25, 0.3) is 0 Å². The summed E-state index contributed by atoms with van der Waals surface area (Å²) < 4.78 is 5.76. The first-order valence-corrected chi connectivity index (χ1v) is 9.01. The Labute approximate surface area is 157 Å². The molecule has 5 heteroatoms. The molecule has 2 aliphatic rings. The number of anilines is 1. The van der Waals surface area contributed by atoms with Crippen molar-refractivity contribution in [2.45, 2.75) is 13.3 Å². The molecule has 1 saturated heterocycles. The number of para-hydroxylation sites is 1. The molecule has 132 valence electrons. The first-order chi connectivity index (χ1) is 12.6. The van der Waals surface area contributed by atoms with Crippen LogP contribution in [0.15, 0.2) is 60.7 Å². The molecule has 26 heavy (non-hydrogen) atoms. The molecular weight excluding hydrogens is 350 g/mol. The van der Waals surface area contributed by atoms with Crippen LogP contribution in [0.1, 0.15) is 13.3 Å². The second kappa shape index (κ2) is 6.61. The molecule has 1 fully saturated rings. The first kappa shape index (κ1) is 16.9. The number of fused-ring (bicyclic) bond motifs is 1. The van der Waals surface area contributed by atoms with E-state index in [1.54, 1.807) is 36.4 Å². The zero-order valence-corrected chi connectivity index (χ0v) is 15.0. The van der Waals surface area contributed by atoms with Gasteiger partial charge >= 0.3 is 0 Å². The number of benzene rings is 2. The summed E-state index contributed by atoms with van der Waals surface area (Å²) in [4.78, 5) is 26.9. The van der Waals surface area contributed by atoms with Gasteiger partial charge in [-0.2, -0.15) is 0 Å². The molecule has 0 bridgehead atoms. The quantitative estimate of drug-likeness (QED) is 0.576. The molecule has 0 spiro atoms. The van der Waals surface area contributed by atoms with Crippen molar-refractivity contribution >= 4 is 29.1 Å². The van der Waals surface area contributed by atoms with Crippen molar-refractivity contribution in [3.63, 3.8) is 0 Å². The molecule has 0 N–H and O–H groups in total. The van der Waals surface area contributed by atoms with E-state index in [0.717, 1.165) is 0 Å². The van der Waals surface area contributed by atoms with Crippen molar-refractivity contribution in [1.82, 2.24) is 0 Å². The van der Waals surface area contributed by atoms with E-state index in [2.05, 4.69) is 0 Å². The number of halogens is 1. The van der Waals surface area contributed by atoms with Crippen molar-refractivity contribution in [2.24, 2.45) is 17.8 Å². The van der Waals surface area contributed by atoms with Crippen molar-refractivity contribution in [3.05, 3.63) is 65.7 Å². The number of allylic oxidation sites excluding steroid dienone is 2. The highest BCUT2D eigenvalue weighted by molar-refractivity contribution is 6.32. The summed E-state index contributed by atoms with van der Waals surface area (Å²) in [5.41, 5.74) is 0.577. The van der Waals surface area contributed by atoms with Crippen LogP contribution in [-0.2, 0) is 9.59 Å². The highest BCUT2D eigenvalue weighted by atomic mass is 35.5. The molecule has 4 rings (SSSR count). The lowest BCUT2D eigenvalue weighted by Crippen LogP contribution is -2.31. The van der Waals surface area contributed by atoms with Crippen LogP contribution in [0.2, 0.25) is 5.02 Å². The maximum absolute atomic E-state index is 12.8. The number of nitrogens with zero attached hydrogens (tertiary/aromatic N) is 1. The van der Waals surface area contributed by atoms with Gasteiger partial charge in [0.2, 0.25) is 11.8 Å². The van der Waals surface area contributed by atoms with Gasteiger partial charge < -0.3 is 4.74 Å². The average Bonchev–Trinajstić information content (AvgIpc) is 2.90. The number of imide groups is 1. The number of hydrogen-bond donors (Lipinski definition) is 0. The van der Waals surface area contributed by atoms with Gasteiger partial charge in [0.15, 0.2) is 0 Å². The SMILES string of the molecule is C[C@@H]1C=CC[C@H]2C(=O)N(c3ccc(Oc4ccccc4Cl)cc3)C(=O)[C@H]12. The highest BCUT2D eigenvalue weighted by Gasteiger charge is 2.50. The standard InChI is InChI=1S/C21H18ClNO3/c1-13-5-4-6-16-19(13)21(25)23(20(16)24)14-9-11-15(12-10-14)26-18-8-3-2-7-17(18)22/h2-5,7-13,16,19H,6H2,1H3/t13-,16-,19-/m1/s1. The number of carbonyl (C=O) groups excluding carboxylic acids is 2. The summed E-state index contributed by atoms with van der Waals surface area (Å²) in [5, 5.41) is 0.520. The Morgan fingerprint density at radius 2 is 1.77 bits per heavy atom. The number of ether oxygens (including phenoxy) is 1. The number of hydrogen-bond acceptors (Lipinski definition) is 3. The molecule has 2 aromatic rings. The van der Waals surface area contributed by atoms with Crippen LogP contribution in [0.5, 0.6) is 11.5 Å². The van der Waals surface area contributed by atoms with Crippen molar-refractivity contribution in [3.8, 4) is 11.5 Å². The minimum atomic E-state index is -0.258. The van der Waals surface area contributed by atoms with Crippen molar-refractivity contribution in [2.75, 3.05) is 4.90 Å². The van der Waals surface area contributed by atoms with E-state index in [0.29, 0.717) is 28.6 Å². The van der Waals surface area contributed by atoms with Crippen LogP contribution >= 0.6 is 11.6 Å². The van der Waals surface area contributed by atoms with E-state index >= 15 is 0 Å². The second-order valence-electron chi connectivity index (χ2n) is 6.69. The fraction of sp³-hybridized carbons (Fsp3) is 0.238. The average molecular weight is 368 g/mol. The Hall–Kier alpha value is -2.59. The maximum atomic E-state index is 12.8. The molecular formula is C21H18ClNO3. The molecule has 4 nitrogen and oxygen atoms in total. The van der Waals surface area contributed by atoms with E-state index in [9.17, 15) is 9.59 Å². The molecule has 2 aromatic carbocycles. The summed E-state index contributed by atoms with van der Waals surface area (Å²) in [7, 11) is 0. The van der Waals surface area contributed by atoms with Crippen LogP contribution < -0.4 is 9.64 Å². The number of rotatable bonds is 3. The molecule has 2 amide bonds. The van der Waals surface area contributed by atoms with Crippen LogP contribution in [0, 0.1) is 17.8 Å². The van der Waals surface area contributed by atoms with Crippen molar-refractivity contribution < 1.29 is 14.3 Å². The third-order valence-electron chi connectivity index (χ3n) is 5.03. The highest BCUT2D eigenvalue weighted by Crippen LogP contribution is 2.40. The minimum Gasteiger partial charge on any atom is -0.456 e. The lowest BCUT2D eigenvalue weighted by atomic mass is 9.78. The molecule has 0 aromatic heterocycles. The van der Waals surface area contributed by atoms with Gasteiger partial charge in [0.1, 0.15) is 11.5 Å². The first-order valence-electron chi connectivity index (χ1n) is 8.63. The van der Waals surface area contributed by atoms with Crippen LogP contribution in [0.3, 0.4) is 0 Å². The van der Waals surface area contributed by atoms with Crippen LogP contribution in [-0.4, -0.2) is 11.8 Å².